The minimum Gasteiger partial charge on any atom is -0.508 e. The zero-order valence-electron chi connectivity index (χ0n) is 30.8. The normalized spacial score (nSPS) is 23.5. The van der Waals surface area contributed by atoms with Crippen molar-refractivity contribution < 1.29 is 28.6 Å². The number of halogens is 1. The van der Waals surface area contributed by atoms with Crippen LogP contribution in [-0.4, -0.2) is 84.5 Å². The fraction of sp³-hybridized carbons (Fsp3) is 0.386. The van der Waals surface area contributed by atoms with Crippen LogP contribution in [0, 0.1) is 11.7 Å². The van der Waals surface area contributed by atoms with Gasteiger partial charge < -0.3 is 24.5 Å². The van der Waals surface area contributed by atoms with Crippen LogP contribution in [0.15, 0.2) is 84.9 Å². The molecular formula is C44H46FN5O5. The number of benzene rings is 4. The predicted octanol–water partition coefficient (Wildman–Crippen LogP) is 5.73. The van der Waals surface area contributed by atoms with E-state index in [1.54, 1.807) is 29.2 Å². The summed E-state index contributed by atoms with van der Waals surface area (Å²) in [6, 6.07) is 26.3. The molecule has 11 heteroatoms. The van der Waals surface area contributed by atoms with E-state index in [-0.39, 0.29) is 41.6 Å². The minimum atomic E-state index is -0.600. The molecule has 9 rings (SSSR count). The molecule has 5 heterocycles. The molecule has 3 fully saturated rings. The summed E-state index contributed by atoms with van der Waals surface area (Å²) in [5.74, 6) is -0.443. The third-order valence-corrected chi connectivity index (χ3v) is 12.4. The van der Waals surface area contributed by atoms with Gasteiger partial charge in [-0.05, 0) is 96.0 Å². The molecule has 3 saturated heterocycles. The van der Waals surface area contributed by atoms with Gasteiger partial charge in [0, 0.05) is 87.2 Å². The molecule has 4 aromatic rings. The highest BCUT2D eigenvalue weighted by molar-refractivity contribution is 6.05. The van der Waals surface area contributed by atoms with Gasteiger partial charge in [-0.1, -0.05) is 36.4 Å². The lowest BCUT2D eigenvalue weighted by Crippen LogP contribution is -2.52. The third kappa shape index (κ3) is 6.95. The number of carbonyl (C=O) groups excluding carboxylic acids is 3. The molecule has 4 aromatic carbocycles. The molecule has 0 radical (unpaired) electrons. The number of aromatic hydroxyl groups is 1. The number of hydrogen-bond acceptors (Lipinski definition) is 8. The number of rotatable bonds is 7. The first-order chi connectivity index (χ1) is 26.8. The zero-order valence-corrected chi connectivity index (χ0v) is 30.8. The Morgan fingerprint density at radius 3 is 2.27 bits per heavy atom. The Bertz CT molecular complexity index is 2110. The number of carbonyl (C=O) groups is 3. The van der Waals surface area contributed by atoms with Crippen LogP contribution >= 0.6 is 0 Å². The molecule has 0 unspecified atom stereocenters. The van der Waals surface area contributed by atoms with Crippen LogP contribution in [0.25, 0.3) is 0 Å². The molecule has 2 N–H and O–H groups in total. The molecule has 3 atom stereocenters. The fourth-order valence-electron chi connectivity index (χ4n) is 9.37. The lowest BCUT2D eigenvalue weighted by Gasteiger charge is -2.40. The van der Waals surface area contributed by atoms with Gasteiger partial charge in [-0.2, -0.15) is 0 Å². The van der Waals surface area contributed by atoms with E-state index in [0.29, 0.717) is 36.6 Å². The molecule has 0 saturated carbocycles. The first kappa shape index (κ1) is 35.4. The second-order valence-electron chi connectivity index (χ2n) is 15.7. The lowest BCUT2D eigenvalue weighted by atomic mass is 9.79. The summed E-state index contributed by atoms with van der Waals surface area (Å²) in [5, 5.41) is 12.5. The van der Waals surface area contributed by atoms with E-state index >= 15 is 4.39 Å². The molecule has 5 aliphatic rings. The third-order valence-electron chi connectivity index (χ3n) is 12.4. The largest absolute Gasteiger partial charge is 0.508 e. The van der Waals surface area contributed by atoms with Crippen LogP contribution in [0.2, 0.25) is 0 Å². The van der Waals surface area contributed by atoms with Crippen LogP contribution in [0.4, 0.5) is 15.8 Å². The minimum absolute atomic E-state index is 0.137. The number of phenols is 1. The van der Waals surface area contributed by atoms with Crippen molar-refractivity contribution in [3.05, 3.63) is 124 Å². The molecule has 0 aromatic heterocycles. The summed E-state index contributed by atoms with van der Waals surface area (Å²) < 4.78 is 21.3. The zero-order chi connectivity index (χ0) is 37.6. The van der Waals surface area contributed by atoms with Crippen molar-refractivity contribution in [2.45, 2.75) is 56.9 Å². The van der Waals surface area contributed by atoms with Crippen LogP contribution in [-0.2, 0) is 27.5 Å². The average Bonchev–Trinajstić information content (AvgIpc) is 3.53. The number of nitrogens with one attached hydrogen (secondary N) is 1. The van der Waals surface area contributed by atoms with Gasteiger partial charge in [0.25, 0.3) is 5.91 Å². The van der Waals surface area contributed by atoms with Gasteiger partial charge in [0.05, 0.1) is 12.7 Å². The molecule has 5 aliphatic heterocycles. The van der Waals surface area contributed by atoms with Crippen LogP contribution in [0.5, 0.6) is 5.75 Å². The molecule has 55 heavy (non-hydrogen) atoms. The van der Waals surface area contributed by atoms with E-state index in [2.05, 4.69) is 50.3 Å². The smallest absolute Gasteiger partial charge is 0.255 e. The Labute approximate surface area is 320 Å². The number of phenolic OH excluding ortho intramolecular Hbond substituents is 1. The van der Waals surface area contributed by atoms with Crippen molar-refractivity contribution in [2.75, 3.05) is 55.6 Å². The number of fused-ring (bicyclic) bond motifs is 2. The van der Waals surface area contributed by atoms with E-state index in [0.717, 1.165) is 86.6 Å². The summed E-state index contributed by atoms with van der Waals surface area (Å²) in [6.45, 7) is 7.61. The Morgan fingerprint density at radius 2 is 1.51 bits per heavy atom. The number of imide groups is 1. The Hall–Kier alpha value is -5.26. The van der Waals surface area contributed by atoms with Crippen molar-refractivity contribution in [3.63, 3.8) is 0 Å². The molecule has 0 aliphatic carbocycles. The van der Waals surface area contributed by atoms with Crippen molar-refractivity contribution in [1.29, 1.82) is 0 Å². The second kappa shape index (κ2) is 14.8. The SMILES string of the molecule is O=C1CC[C@H](N2Cc3cc(N4CCN(CC5CCN(c6ccc([C@@H]7c8ccc(O)cc8CO[C@@H]7c7ccccc7F)cc6)CC5)CC4)ccc3C2=O)C(=O)N1. The highest BCUT2D eigenvalue weighted by Gasteiger charge is 2.40. The number of piperidine rings is 2. The number of ether oxygens (including phenoxy) is 1. The van der Waals surface area contributed by atoms with Crippen LogP contribution < -0.4 is 15.1 Å². The predicted molar refractivity (Wildman–Crippen MR) is 206 cm³/mol. The molecular weight excluding hydrogens is 698 g/mol. The molecule has 0 spiro atoms. The highest BCUT2D eigenvalue weighted by Crippen LogP contribution is 2.46. The summed E-state index contributed by atoms with van der Waals surface area (Å²) in [5.41, 5.74) is 7.46. The van der Waals surface area contributed by atoms with Gasteiger partial charge in [-0.25, -0.2) is 4.39 Å². The van der Waals surface area contributed by atoms with Gasteiger partial charge >= 0.3 is 0 Å². The first-order valence-electron chi connectivity index (χ1n) is 19.6. The first-order valence-corrected chi connectivity index (χ1v) is 19.6. The highest BCUT2D eigenvalue weighted by atomic mass is 19.1. The lowest BCUT2D eigenvalue weighted by molar-refractivity contribution is -0.136. The topological polar surface area (TPSA) is 106 Å². The number of amides is 3. The molecule has 10 nitrogen and oxygen atoms in total. The van der Waals surface area contributed by atoms with E-state index in [9.17, 15) is 19.5 Å². The second-order valence-corrected chi connectivity index (χ2v) is 15.7. The maximum Gasteiger partial charge on any atom is 0.255 e. The van der Waals surface area contributed by atoms with E-state index < -0.39 is 12.1 Å². The molecule has 284 valence electrons. The number of hydrogen-bond donors (Lipinski definition) is 2. The Balaban J connectivity index is 0.786. The van der Waals surface area contributed by atoms with Crippen molar-refractivity contribution in [1.82, 2.24) is 15.1 Å². The van der Waals surface area contributed by atoms with Gasteiger partial charge in [-0.3, -0.25) is 24.6 Å². The summed E-state index contributed by atoms with van der Waals surface area (Å²) >= 11 is 0. The van der Waals surface area contributed by atoms with E-state index in [4.69, 9.17) is 4.74 Å². The summed E-state index contributed by atoms with van der Waals surface area (Å²) in [4.78, 5) is 46.3. The standard InChI is InChI=1S/C44H46FN5O5/c45-38-4-2-1-3-37(38)42-41(35-12-10-34(51)24-31(35)27-55-42)29-5-7-32(8-6-29)48-17-15-28(16-18-48)25-47-19-21-49(22-20-47)33-9-11-36-30(23-33)26-50(44(36)54)39-13-14-40(52)46-43(39)53/h1-12,23-24,28,39,41-42,51H,13-22,25-27H2,(H,46,52,53)/t39-,41+,42+/m0/s1. The van der Waals surface area contributed by atoms with Gasteiger partial charge in [0.2, 0.25) is 11.8 Å². The van der Waals surface area contributed by atoms with E-state index in [1.165, 1.54) is 11.8 Å². The summed E-state index contributed by atoms with van der Waals surface area (Å²) in [7, 11) is 0. The van der Waals surface area contributed by atoms with Crippen molar-refractivity contribution in [2.24, 2.45) is 5.92 Å². The molecule has 3 amide bonds. The van der Waals surface area contributed by atoms with Crippen molar-refractivity contribution in [3.8, 4) is 5.75 Å². The number of nitrogens with zero attached hydrogens (tertiary/aromatic N) is 4. The number of anilines is 2. The van der Waals surface area contributed by atoms with Gasteiger partial charge in [0.15, 0.2) is 0 Å². The van der Waals surface area contributed by atoms with E-state index in [1.807, 2.05) is 24.3 Å². The quantitative estimate of drug-likeness (QED) is 0.231. The Morgan fingerprint density at radius 1 is 0.764 bits per heavy atom. The van der Waals surface area contributed by atoms with Gasteiger partial charge in [-0.15, -0.1) is 0 Å². The number of piperazine rings is 1. The fourth-order valence-corrected chi connectivity index (χ4v) is 9.37. The maximum absolute atomic E-state index is 15.0. The maximum atomic E-state index is 15.0. The average molecular weight is 744 g/mol. The van der Waals surface area contributed by atoms with Crippen LogP contribution in [0.3, 0.4) is 0 Å². The molecule has 0 bridgehead atoms. The van der Waals surface area contributed by atoms with Gasteiger partial charge in [0.1, 0.15) is 17.6 Å². The monoisotopic (exact) mass is 743 g/mol. The van der Waals surface area contributed by atoms with Crippen molar-refractivity contribution >= 4 is 29.1 Å². The Kier molecular flexibility index (Phi) is 9.51. The van der Waals surface area contributed by atoms with Crippen LogP contribution in [0.1, 0.15) is 75.9 Å². The summed E-state index contributed by atoms with van der Waals surface area (Å²) in [6.07, 6.45) is 2.41.